The molecule has 0 spiro atoms. The number of imidazole rings is 1. The standard InChI is InChI=1S/C9H12N4O/c10-2-4-14-6-9-12-7-1-3-11-5-8(7)13-9/h1,3,5H,2,4,6,10H2,(H,12,13). The molecule has 5 heteroatoms. The number of fused-ring (bicyclic) bond motifs is 1. The average molecular weight is 192 g/mol. The lowest BCUT2D eigenvalue weighted by atomic mass is 10.4. The summed E-state index contributed by atoms with van der Waals surface area (Å²) in [7, 11) is 0. The zero-order chi connectivity index (χ0) is 9.80. The molecule has 2 aromatic heterocycles. The summed E-state index contributed by atoms with van der Waals surface area (Å²) in [5, 5.41) is 0. The Hall–Kier alpha value is -1.46. The summed E-state index contributed by atoms with van der Waals surface area (Å²) in [6.07, 6.45) is 3.46. The van der Waals surface area contributed by atoms with Crippen LogP contribution in [0.3, 0.4) is 0 Å². The van der Waals surface area contributed by atoms with Gasteiger partial charge in [-0.25, -0.2) is 4.98 Å². The molecule has 0 aliphatic heterocycles. The minimum atomic E-state index is 0.464. The lowest BCUT2D eigenvalue weighted by molar-refractivity contribution is 0.123. The third kappa shape index (κ3) is 1.89. The van der Waals surface area contributed by atoms with Crippen molar-refractivity contribution in [3.8, 4) is 0 Å². The molecule has 74 valence electrons. The summed E-state index contributed by atoms with van der Waals surface area (Å²) in [4.78, 5) is 11.4. The molecule has 0 atom stereocenters. The topological polar surface area (TPSA) is 76.8 Å². The smallest absolute Gasteiger partial charge is 0.133 e. The van der Waals surface area contributed by atoms with Crippen LogP contribution in [0.25, 0.3) is 11.0 Å². The van der Waals surface area contributed by atoms with Gasteiger partial charge in [0.25, 0.3) is 0 Å². The largest absolute Gasteiger partial charge is 0.372 e. The van der Waals surface area contributed by atoms with Gasteiger partial charge < -0.3 is 15.5 Å². The van der Waals surface area contributed by atoms with Crippen LogP contribution in [0, 0.1) is 0 Å². The summed E-state index contributed by atoms with van der Waals surface area (Å²) < 4.78 is 5.26. The van der Waals surface area contributed by atoms with Gasteiger partial charge in [-0.3, -0.25) is 4.98 Å². The second-order valence-corrected chi connectivity index (χ2v) is 2.92. The van der Waals surface area contributed by atoms with Gasteiger partial charge in [-0.1, -0.05) is 0 Å². The SMILES string of the molecule is NCCOCc1nc2ccncc2[nH]1. The second kappa shape index (κ2) is 4.17. The van der Waals surface area contributed by atoms with E-state index in [2.05, 4.69) is 15.0 Å². The maximum atomic E-state index is 5.30. The molecule has 0 amide bonds. The van der Waals surface area contributed by atoms with Crippen LogP contribution in [0.15, 0.2) is 18.5 Å². The first-order valence-electron chi connectivity index (χ1n) is 4.46. The van der Waals surface area contributed by atoms with Crippen LogP contribution in [0.5, 0.6) is 0 Å². The Kier molecular flexibility index (Phi) is 2.71. The van der Waals surface area contributed by atoms with E-state index in [0.29, 0.717) is 19.8 Å². The van der Waals surface area contributed by atoms with E-state index in [-0.39, 0.29) is 0 Å². The van der Waals surface area contributed by atoms with E-state index in [9.17, 15) is 0 Å². The van der Waals surface area contributed by atoms with Crippen LogP contribution < -0.4 is 5.73 Å². The summed E-state index contributed by atoms with van der Waals surface area (Å²) in [5.41, 5.74) is 7.14. The van der Waals surface area contributed by atoms with E-state index in [4.69, 9.17) is 10.5 Å². The number of hydrogen-bond donors (Lipinski definition) is 2. The fourth-order valence-electron chi connectivity index (χ4n) is 1.23. The molecule has 0 saturated heterocycles. The lowest BCUT2D eigenvalue weighted by Gasteiger charge is -1.97. The molecule has 2 aromatic rings. The van der Waals surface area contributed by atoms with Crippen LogP contribution in [-0.4, -0.2) is 28.1 Å². The molecule has 5 nitrogen and oxygen atoms in total. The number of nitrogens with two attached hydrogens (primary N) is 1. The Balaban J connectivity index is 2.11. The fraction of sp³-hybridized carbons (Fsp3) is 0.333. The minimum absolute atomic E-state index is 0.464. The highest BCUT2D eigenvalue weighted by atomic mass is 16.5. The van der Waals surface area contributed by atoms with Crippen LogP contribution in [0.2, 0.25) is 0 Å². The minimum Gasteiger partial charge on any atom is -0.372 e. The molecular formula is C9H12N4O. The van der Waals surface area contributed by atoms with Gasteiger partial charge in [0.05, 0.1) is 23.8 Å². The molecule has 0 radical (unpaired) electrons. The zero-order valence-electron chi connectivity index (χ0n) is 7.73. The van der Waals surface area contributed by atoms with E-state index in [1.165, 1.54) is 0 Å². The fourth-order valence-corrected chi connectivity index (χ4v) is 1.23. The van der Waals surface area contributed by atoms with Crippen molar-refractivity contribution in [2.24, 2.45) is 5.73 Å². The Morgan fingerprint density at radius 2 is 2.43 bits per heavy atom. The second-order valence-electron chi connectivity index (χ2n) is 2.92. The third-order valence-electron chi connectivity index (χ3n) is 1.83. The third-order valence-corrected chi connectivity index (χ3v) is 1.83. The van der Waals surface area contributed by atoms with E-state index >= 15 is 0 Å². The number of ether oxygens (including phenoxy) is 1. The molecule has 14 heavy (non-hydrogen) atoms. The Morgan fingerprint density at radius 3 is 3.21 bits per heavy atom. The van der Waals surface area contributed by atoms with Gasteiger partial charge in [-0.2, -0.15) is 0 Å². The van der Waals surface area contributed by atoms with Crippen molar-refractivity contribution < 1.29 is 4.74 Å². The number of aromatic amines is 1. The average Bonchev–Trinajstić information content (AvgIpc) is 2.60. The highest BCUT2D eigenvalue weighted by Gasteiger charge is 2.01. The maximum Gasteiger partial charge on any atom is 0.133 e. The van der Waals surface area contributed by atoms with Crippen molar-refractivity contribution in [1.29, 1.82) is 0 Å². The molecule has 0 saturated carbocycles. The van der Waals surface area contributed by atoms with E-state index in [1.807, 2.05) is 6.07 Å². The molecule has 0 aliphatic carbocycles. The number of hydrogen-bond acceptors (Lipinski definition) is 4. The van der Waals surface area contributed by atoms with Crippen molar-refractivity contribution in [2.75, 3.05) is 13.2 Å². The molecule has 0 aromatic carbocycles. The van der Waals surface area contributed by atoms with Crippen molar-refractivity contribution in [2.45, 2.75) is 6.61 Å². The molecule has 0 unspecified atom stereocenters. The number of pyridine rings is 1. The highest BCUT2D eigenvalue weighted by Crippen LogP contribution is 2.08. The zero-order valence-corrected chi connectivity index (χ0v) is 7.73. The molecule has 3 N–H and O–H groups in total. The number of nitrogens with zero attached hydrogens (tertiary/aromatic N) is 2. The van der Waals surface area contributed by atoms with Gasteiger partial charge in [0.1, 0.15) is 12.4 Å². The number of aromatic nitrogens is 3. The summed E-state index contributed by atoms with van der Waals surface area (Å²) >= 11 is 0. The van der Waals surface area contributed by atoms with Crippen LogP contribution in [0.1, 0.15) is 5.82 Å². The number of nitrogens with one attached hydrogen (secondary N) is 1. The Labute approximate surface area is 81.3 Å². The molecule has 0 bridgehead atoms. The van der Waals surface area contributed by atoms with Crippen molar-refractivity contribution >= 4 is 11.0 Å². The van der Waals surface area contributed by atoms with Crippen LogP contribution in [0.4, 0.5) is 0 Å². The van der Waals surface area contributed by atoms with Gasteiger partial charge in [0.2, 0.25) is 0 Å². The normalized spacial score (nSPS) is 10.9. The van der Waals surface area contributed by atoms with Gasteiger partial charge >= 0.3 is 0 Å². The van der Waals surface area contributed by atoms with Crippen molar-refractivity contribution in [1.82, 2.24) is 15.0 Å². The maximum absolute atomic E-state index is 5.30. The first kappa shape index (κ1) is 9.11. The Bertz CT molecular complexity index is 379. The summed E-state index contributed by atoms with van der Waals surface area (Å²) in [6, 6.07) is 1.86. The first-order valence-corrected chi connectivity index (χ1v) is 4.46. The molecular weight excluding hydrogens is 180 g/mol. The predicted molar refractivity (Wildman–Crippen MR) is 52.6 cm³/mol. The van der Waals surface area contributed by atoms with Gasteiger partial charge in [0, 0.05) is 12.7 Å². The first-order chi connectivity index (χ1) is 6.90. The van der Waals surface area contributed by atoms with Crippen LogP contribution in [-0.2, 0) is 11.3 Å². The molecule has 2 heterocycles. The Morgan fingerprint density at radius 1 is 1.50 bits per heavy atom. The van der Waals surface area contributed by atoms with Gasteiger partial charge in [-0.15, -0.1) is 0 Å². The van der Waals surface area contributed by atoms with E-state index < -0.39 is 0 Å². The van der Waals surface area contributed by atoms with Crippen molar-refractivity contribution in [3.63, 3.8) is 0 Å². The summed E-state index contributed by atoms with van der Waals surface area (Å²) in [6.45, 7) is 1.54. The number of rotatable bonds is 4. The highest BCUT2D eigenvalue weighted by molar-refractivity contribution is 5.73. The van der Waals surface area contributed by atoms with Crippen molar-refractivity contribution in [3.05, 3.63) is 24.3 Å². The lowest BCUT2D eigenvalue weighted by Crippen LogP contribution is -2.08. The molecule has 2 rings (SSSR count). The van der Waals surface area contributed by atoms with E-state index in [0.717, 1.165) is 16.9 Å². The summed E-state index contributed by atoms with van der Waals surface area (Å²) in [5.74, 6) is 0.807. The van der Waals surface area contributed by atoms with E-state index in [1.54, 1.807) is 12.4 Å². The van der Waals surface area contributed by atoms with Gasteiger partial charge in [0.15, 0.2) is 0 Å². The van der Waals surface area contributed by atoms with Gasteiger partial charge in [-0.05, 0) is 6.07 Å². The predicted octanol–water partition coefficient (Wildman–Crippen LogP) is 0.433. The monoisotopic (exact) mass is 192 g/mol. The number of H-pyrrole nitrogens is 1. The molecule has 0 aliphatic rings. The molecule has 0 fully saturated rings. The van der Waals surface area contributed by atoms with Crippen LogP contribution >= 0.6 is 0 Å². The quantitative estimate of drug-likeness (QED) is 0.689.